The minimum atomic E-state index is -0.862. The third kappa shape index (κ3) is 2.72. The van der Waals surface area contributed by atoms with E-state index in [1.165, 1.54) is 21.6 Å². The van der Waals surface area contributed by atoms with E-state index in [4.69, 9.17) is 4.74 Å². The lowest BCUT2D eigenvalue weighted by atomic mass is 9.87. The van der Waals surface area contributed by atoms with Crippen molar-refractivity contribution in [2.24, 2.45) is 0 Å². The second-order valence-electron chi connectivity index (χ2n) is 6.52. The van der Waals surface area contributed by atoms with Gasteiger partial charge in [0, 0.05) is 17.7 Å². The van der Waals surface area contributed by atoms with Crippen LogP contribution in [0.1, 0.15) is 46.1 Å². The molecule has 0 saturated heterocycles. The molecule has 1 N–H and O–H groups in total. The quantitative estimate of drug-likeness (QED) is 0.933. The first-order valence-corrected chi connectivity index (χ1v) is 8.63. The standard InChI is InChI=1S/C21H21NO3/c1-25-16-9-10-17-14(5-4-6-15(17)13-16)11-12-22-20(23)18-7-2-3-8-19(18)21(22)24/h2-3,7-11,13,20,23H,4-6,12H2,1H3/b14-11-. The fourth-order valence-corrected chi connectivity index (χ4v) is 3.78. The number of carbonyl (C=O) groups excluding carboxylic acids is 1. The minimum absolute atomic E-state index is 0.106. The summed E-state index contributed by atoms with van der Waals surface area (Å²) in [5.41, 5.74) is 5.04. The molecular weight excluding hydrogens is 314 g/mol. The van der Waals surface area contributed by atoms with Gasteiger partial charge in [-0.15, -0.1) is 0 Å². The number of benzene rings is 2. The Morgan fingerprint density at radius 2 is 2.04 bits per heavy atom. The number of hydrogen-bond donors (Lipinski definition) is 1. The highest BCUT2D eigenvalue weighted by Crippen LogP contribution is 2.35. The first-order chi connectivity index (χ1) is 12.2. The van der Waals surface area contributed by atoms with Gasteiger partial charge in [0.05, 0.1) is 7.11 Å². The Morgan fingerprint density at radius 3 is 2.84 bits per heavy atom. The van der Waals surface area contributed by atoms with Crippen LogP contribution in [-0.4, -0.2) is 29.6 Å². The highest BCUT2D eigenvalue weighted by Gasteiger charge is 2.34. The van der Waals surface area contributed by atoms with Crippen LogP contribution in [0.2, 0.25) is 0 Å². The summed E-state index contributed by atoms with van der Waals surface area (Å²) in [6, 6.07) is 13.4. The van der Waals surface area contributed by atoms with E-state index in [9.17, 15) is 9.90 Å². The number of methoxy groups -OCH3 is 1. The van der Waals surface area contributed by atoms with Crippen LogP contribution in [-0.2, 0) is 6.42 Å². The summed E-state index contributed by atoms with van der Waals surface area (Å²) in [6.07, 6.45) is 4.34. The Hall–Kier alpha value is -2.59. The molecule has 1 unspecified atom stereocenters. The fourth-order valence-electron chi connectivity index (χ4n) is 3.78. The molecule has 0 fully saturated rings. The summed E-state index contributed by atoms with van der Waals surface area (Å²) in [6.45, 7) is 0.412. The molecule has 0 spiro atoms. The molecule has 4 nitrogen and oxygen atoms in total. The van der Waals surface area contributed by atoms with Crippen molar-refractivity contribution in [1.29, 1.82) is 0 Å². The number of nitrogens with zero attached hydrogens (tertiary/aromatic N) is 1. The van der Waals surface area contributed by atoms with Crippen molar-refractivity contribution in [3.8, 4) is 5.75 Å². The molecule has 0 radical (unpaired) electrons. The highest BCUT2D eigenvalue weighted by molar-refractivity contribution is 5.99. The second-order valence-corrected chi connectivity index (χ2v) is 6.52. The summed E-state index contributed by atoms with van der Waals surface area (Å²) in [5, 5.41) is 10.5. The van der Waals surface area contributed by atoms with Crippen molar-refractivity contribution in [3.05, 3.63) is 70.8 Å². The maximum Gasteiger partial charge on any atom is 0.256 e. The first kappa shape index (κ1) is 15.9. The van der Waals surface area contributed by atoms with Gasteiger partial charge in [-0.2, -0.15) is 0 Å². The maximum absolute atomic E-state index is 12.5. The van der Waals surface area contributed by atoms with Gasteiger partial charge in [-0.25, -0.2) is 0 Å². The highest BCUT2D eigenvalue weighted by atomic mass is 16.5. The van der Waals surface area contributed by atoms with Crippen LogP contribution in [0.5, 0.6) is 5.75 Å². The third-order valence-corrected chi connectivity index (χ3v) is 5.11. The second kappa shape index (κ2) is 6.37. The lowest BCUT2D eigenvalue weighted by Gasteiger charge is -2.23. The third-order valence-electron chi connectivity index (χ3n) is 5.11. The Labute approximate surface area is 147 Å². The molecule has 0 saturated carbocycles. The van der Waals surface area contributed by atoms with E-state index < -0.39 is 6.23 Å². The zero-order valence-electron chi connectivity index (χ0n) is 14.2. The molecule has 0 bridgehead atoms. The molecule has 2 aromatic rings. The zero-order chi connectivity index (χ0) is 17.4. The summed E-state index contributed by atoms with van der Waals surface area (Å²) in [5.74, 6) is 0.770. The molecule has 25 heavy (non-hydrogen) atoms. The molecule has 0 aromatic heterocycles. The van der Waals surface area contributed by atoms with Crippen LogP contribution in [0.4, 0.5) is 0 Å². The van der Waals surface area contributed by atoms with E-state index >= 15 is 0 Å². The molecule has 1 aliphatic heterocycles. The van der Waals surface area contributed by atoms with Crippen LogP contribution >= 0.6 is 0 Å². The van der Waals surface area contributed by atoms with Gasteiger partial charge in [-0.05, 0) is 54.2 Å². The van der Waals surface area contributed by atoms with Crippen LogP contribution in [0.25, 0.3) is 5.57 Å². The molecule has 1 atom stereocenters. The monoisotopic (exact) mass is 335 g/mol. The van der Waals surface area contributed by atoms with Crippen LogP contribution < -0.4 is 4.74 Å². The Morgan fingerprint density at radius 1 is 1.20 bits per heavy atom. The maximum atomic E-state index is 12.5. The number of ether oxygens (including phenoxy) is 1. The van der Waals surface area contributed by atoms with Crippen molar-refractivity contribution in [2.75, 3.05) is 13.7 Å². The van der Waals surface area contributed by atoms with Gasteiger partial charge in [0.2, 0.25) is 0 Å². The molecule has 128 valence electrons. The molecule has 4 rings (SSSR count). The van der Waals surface area contributed by atoms with Crippen LogP contribution in [0.15, 0.2) is 48.5 Å². The van der Waals surface area contributed by atoms with Gasteiger partial charge in [-0.1, -0.05) is 30.3 Å². The van der Waals surface area contributed by atoms with Gasteiger partial charge in [0.1, 0.15) is 5.75 Å². The number of rotatable bonds is 3. The van der Waals surface area contributed by atoms with Crippen molar-refractivity contribution in [1.82, 2.24) is 4.90 Å². The molecule has 1 heterocycles. The molecule has 2 aromatic carbocycles. The van der Waals surface area contributed by atoms with Crippen molar-refractivity contribution in [3.63, 3.8) is 0 Å². The molecule has 1 aliphatic carbocycles. The first-order valence-electron chi connectivity index (χ1n) is 8.63. The summed E-state index contributed by atoms with van der Waals surface area (Å²) < 4.78 is 5.32. The average molecular weight is 335 g/mol. The Bertz CT molecular complexity index is 856. The largest absolute Gasteiger partial charge is 0.497 e. The van der Waals surface area contributed by atoms with Gasteiger partial charge >= 0.3 is 0 Å². The molecule has 4 heteroatoms. The van der Waals surface area contributed by atoms with E-state index in [-0.39, 0.29) is 5.91 Å². The van der Waals surface area contributed by atoms with Crippen LogP contribution in [0, 0.1) is 0 Å². The number of aliphatic hydroxyl groups is 1. The summed E-state index contributed by atoms with van der Waals surface area (Å²) >= 11 is 0. The van der Waals surface area contributed by atoms with Crippen molar-refractivity contribution < 1.29 is 14.6 Å². The number of aryl methyl sites for hydroxylation is 1. The summed E-state index contributed by atoms with van der Waals surface area (Å²) in [7, 11) is 1.68. The van der Waals surface area contributed by atoms with E-state index in [1.807, 2.05) is 24.3 Å². The van der Waals surface area contributed by atoms with Gasteiger partial charge in [0.15, 0.2) is 6.23 Å². The average Bonchev–Trinajstić information content (AvgIpc) is 2.90. The smallest absolute Gasteiger partial charge is 0.256 e. The lowest BCUT2D eigenvalue weighted by Crippen LogP contribution is -2.28. The molecular formula is C21H21NO3. The minimum Gasteiger partial charge on any atom is -0.497 e. The molecule has 1 amide bonds. The predicted octanol–water partition coefficient (Wildman–Crippen LogP) is 3.56. The number of amides is 1. The molecule has 2 aliphatic rings. The number of aliphatic hydroxyl groups excluding tert-OH is 1. The zero-order valence-corrected chi connectivity index (χ0v) is 14.2. The summed E-state index contributed by atoms with van der Waals surface area (Å²) in [4.78, 5) is 14.1. The predicted molar refractivity (Wildman–Crippen MR) is 96.3 cm³/mol. The Balaban J connectivity index is 1.59. The normalized spacial score (nSPS) is 20.6. The number of hydrogen-bond acceptors (Lipinski definition) is 3. The SMILES string of the molecule is COc1ccc2c(c1)CCC/C2=C/CN1C(=O)c2ccccc2C1O. The van der Waals surface area contributed by atoms with Gasteiger partial charge in [0.25, 0.3) is 5.91 Å². The lowest BCUT2D eigenvalue weighted by molar-refractivity contribution is 0.0232. The van der Waals surface area contributed by atoms with E-state index in [0.29, 0.717) is 17.7 Å². The number of allylic oxidation sites excluding steroid dienone is 1. The number of carbonyl (C=O) groups is 1. The van der Waals surface area contributed by atoms with Crippen molar-refractivity contribution >= 4 is 11.5 Å². The van der Waals surface area contributed by atoms with Gasteiger partial charge in [-0.3, -0.25) is 4.79 Å². The van der Waals surface area contributed by atoms with E-state index in [1.54, 1.807) is 13.2 Å². The van der Waals surface area contributed by atoms with E-state index in [0.717, 1.165) is 25.0 Å². The van der Waals surface area contributed by atoms with E-state index in [2.05, 4.69) is 18.2 Å². The number of fused-ring (bicyclic) bond motifs is 2. The van der Waals surface area contributed by atoms with Gasteiger partial charge < -0.3 is 14.7 Å². The topological polar surface area (TPSA) is 49.8 Å². The Kier molecular flexibility index (Phi) is 4.06. The van der Waals surface area contributed by atoms with Crippen LogP contribution in [0.3, 0.4) is 0 Å². The fraction of sp³-hybridized carbons (Fsp3) is 0.286. The van der Waals surface area contributed by atoms with Crippen molar-refractivity contribution in [2.45, 2.75) is 25.5 Å².